The minimum Gasteiger partial charge on any atom is -0.508 e. The van der Waals surface area contributed by atoms with Gasteiger partial charge in [-0.25, -0.2) is 9.59 Å². The molecule has 0 saturated heterocycles. The van der Waals surface area contributed by atoms with Gasteiger partial charge < -0.3 is 25.7 Å². The summed E-state index contributed by atoms with van der Waals surface area (Å²) in [5.41, 5.74) is 3.35. The predicted octanol–water partition coefficient (Wildman–Crippen LogP) is 3.19. The maximum Gasteiger partial charge on any atom is 0.328 e. The molecule has 1 aliphatic rings. The van der Waals surface area contributed by atoms with Gasteiger partial charge in [-0.05, 0) is 61.1 Å². The average Bonchev–Trinajstić information content (AvgIpc) is 2.72. The van der Waals surface area contributed by atoms with Crippen LogP contribution in [-0.2, 0) is 22.4 Å². The van der Waals surface area contributed by atoms with E-state index in [4.69, 9.17) is 21.8 Å². The van der Waals surface area contributed by atoms with Gasteiger partial charge in [-0.15, -0.1) is 0 Å². The number of benzene rings is 2. The SMILES string of the molecule is O=C(O)/C=C/C(=O)O.Oc1ccc2c(c1)CC(CNCC(O)c1ccccc1Cl)CC2. The Morgan fingerprint density at radius 1 is 1.10 bits per heavy atom. The van der Waals surface area contributed by atoms with E-state index in [1.165, 1.54) is 11.1 Å². The van der Waals surface area contributed by atoms with E-state index in [0.29, 0.717) is 35.4 Å². The Morgan fingerprint density at radius 2 is 1.77 bits per heavy atom. The smallest absolute Gasteiger partial charge is 0.328 e. The highest BCUT2D eigenvalue weighted by Crippen LogP contribution is 2.28. The lowest BCUT2D eigenvalue weighted by Crippen LogP contribution is -2.30. The summed E-state index contributed by atoms with van der Waals surface area (Å²) in [4.78, 5) is 19.1. The minimum atomic E-state index is -1.26. The Labute approximate surface area is 185 Å². The monoisotopic (exact) mass is 447 g/mol. The topological polar surface area (TPSA) is 127 Å². The van der Waals surface area contributed by atoms with Crippen molar-refractivity contribution in [1.29, 1.82) is 0 Å². The number of aromatic hydroxyl groups is 1. The van der Waals surface area contributed by atoms with Crippen molar-refractivity contribution in [2.24, 2.45) is 5.92 Å². The van der Waals surface area contributed by atoms with Gasteiger partial charge in [-0.1, -0.05) is 35.9 Å². The fourth-order valence-electron chi connectivity index (χ4n) is 3.42. The lowest BCUT2D eigenvalue weighted by molar-refractivity contribution is -0.134. The average molecular weight is 448 g/mol. The molecule has 2 aromatic carbocycles. The number of aliphatic hydroxyl groups is 1. The molecule has 8 heteroatoms. The van der Waals surface area contributed by atoms with Crippen molar-refractivity contribution in [3.63, 3.8) is 0 Å². The zero-order valence-electron chi connectivity index (χ0n) is 16.9. The van der Waals surface area contributed by atoms with E-state index in [-0.39, 0.29) is 0 Å². The molecule has 7 nitrogen and oxygen atoms in total. The summed E-state index contributed by atoms with van der Waals surface area (Å²) in [7, 11) is 0. The number of aliphatic hydroxyl groups excluding tert-OH is 1. The normalized spacial score (nSPS) is 16.1. The van der Waals surface area contributed by atoms with E-state index in [9.17, 15) is 19.8 Å². The van der Waals surface area contributed by atoms with Crippen LogP contribution in [0.25, 0.3) is 0 Å². The van der Waals surface area contributed by atoms with Gasteiger partial charge in [0.05, 0.1) is 6.10 Å². The second-order valence-electron chi connectivity index (χ2n) is 7.27. The van der Waals surface area contributed by atoms with Crippen LogP contribution in [0.15, 0.2) is 54.6 Å². The molecular formula is C23H26ClNO6. The molecule has 1 aliphatic carbocycles. The Balaban J connectivity index is 0.000000366. The Bertz CT molecular complexity index is 914. The summed E-state index contributed by atoms with van der Waals surface area (Å²) in [6, 6.07) is 13.1. The first-order valence-corrected chi connectivity index (χ1v) is 10.2. The number of carbonyl (C=O) groups is 2. The molecule has 0 fully saturated rings. The van der Waals surface area contributed by atoms with Gasteiger partial charge in [0, 0.05) is 29.3 Å². The van der Waals surface area contributed by atoms with Crippen molar-refractivity contribution in [3.05, 3.63) is 76.3 Å². The van der Waals surface area contributed by atoms with Gasteiger partial charge >= 0.3 is 11.9 Å². The van der Waals surface area contributed by atoms with Gasteiger partial charge in [0.15, 0.2) is 0 Å². The number of carboxylic acid groups (broad SMARTS) is 2. The highest BCUT2D eigenvalue weighted by atomic mass is 35.5. The van der Waals surface area contributed by atoms with Gasteiger partial charge in [-0.2, -0.15) is 0 Å². The highest BCUT2D eigenvalue weighted by molar-refractivity contribution is 6.31. The number of nitrogens with one attached hydrogen (secondary N) is 1. The number of rotatable bonds is 7. The first-order valence-electron chi connectivity index (χ1n) is 9.84. The number of hydrogen-bond acceptors (Lipinski definition) is 5. The molecule has 0 spiro atoms. The first kappa shape index (κ1) is 24.4. The quantitative estimate of drug-likeness (QED) is 0.412. The molecule has 2 aromatic rings. The minimum absolute atomic E-state index is 0.339. The lowest BCUT2D eigenvalue weighted by Gasteiger charge is -2.25. The van der Waals surface area contributed by atoms with Crippen molar-refractivity contribution < 1.29 is 30.0 Å². The summed E-state index contributed by atoms with van der Waals surface area (Å²) in [5, 5.41) is 39.4. The number of phenols is 1. The third-order valence-electron chi connectivity index (χ3n) is 4.92. The number of carboxylic acids is 2. The first-order chi connectivity index (χ1) is 14.8. The summed E-state index contributed by atoms with van der Waals surface area (Å²) in [5.74, 6) is -1.64. The molecule has 2 atom stereocenters. The summed E-state index contributed by atoms with van der Waals surface area (Å²) < 4.78 is 0. The van der Waals surface area contributed by atoms with E-state index in [2.05, 4.69) is 5.32 Å². The van der Waals surface area contributed by atoms with Crippen molar-refractivity contribution in [2.75, 3.05) is 13.1 Å². The molecule has 0 radical (unpaired) electrons. The van der Waals surface area contributed by atoms with E-state index in [1.54, 1.807) is 12.1 Å². The van der Waals surface area contributed by atoms with Gasteiger partial charge in [-0.3, -0.25) is 0 Å². The van der Waals surface area contributed by atoms with Gasteiger partial charge in [0.2, 0.25) is 0 Å². The summed E-state index contributed by atoms with van der Waals surface area (Å²) in [6.07, 6.45) is 3.68. The van der Waals surface area contributed by atoms with Crippen LogP contribution in [0.2, 0.25) is 5.02 Å². The van der Waals surface area contributed by atoms with Crippen molar-refractivity contribution in [2.45, 2.75) is 25.4 Å². The fourth-order valence-corrected chi connectivity index (χ4v) is 3.68. The van der Waals surface area contributed by atoms with E-state index >= 15 is 0 Å². The Morgan fingerprint density at radius 3 is 2.42 bits per heavy atom. The Kier molecular flexibility index (Phi) is 9.52. The summed E-state index contributed by atoms with van der Waals surface area (Å²) in [6.45, 7) is 1.35. The van der Waals surface area contributed by atoms with Crippen molar-refractivity contribution >= 4 is 23.5 Å². The lowest BCUT2D eigenvalue weighted by atomic mass is 9.84. The van der Waals surface area contributed by atoms with Crippen LogP contribution in [0.1, 0.15) is 29.2 Å². The highest BCUT2D eigenvalue weighted by Gasteiger charge is 2.19. The van der Waals surface area contributed by atoms with E-state index in [0.717, 1.165) is 31.4 Å². The van der Waals surface area contributed by atoms with Crippen molar-refractivity contribution in [3.8, 4) is 5.75 Å². The molecule has 0 amide bonds. The standard InChI is InChI=1S/C19H22ClNO2.C4H4O4/c20-18-4-2-1-3-17(18)19(23)12-21-11-13-5-6-14-7-8-16(22)10-15(14)9-13;5-3(6)1-2-4(7)8/h1-4,7-8,10,13,19,21-23H,5-6,9,11-12H2;1-2H,(H,5,6)(H,7,8)/b;2-1+. The largest absolute Gasteiger partial charge is 0.508 e. The molecule has 0 aliphatic heterocycles. The zero-order chi connectivity index (χ0) is 22.8. The number of phenolic OH excluding ortho intramolecular Hbond substituents is 1. The molecule has 2 unspecified atom stereocenters. The number of aliphatic carboxylic acids is 2. The zero-order valence-corrected chi connectivity index (χ0v) is 17.6. The van der Waals surface area contributed by atoms with Crippen LogP contribution in [0.5, 0.6) is 5.75 Å². The van der Waals surface area contributed by atoms with E-state index < -0.39 is 18.0 Å². The maximum absolute atomic E-state index is 10.2. The van der Waals surface area contributed by atoms with Crippen LogP contribution < -0.4 is 5.32 Å². The molecule has 0 bridgehead atoms. The molecular weight excluding hydrogens is 422 g/mol. The molecule has 0 heterocycles. The van der Waals surface area contributed by atoms with Gasteiger partial charge in [0.1, 0.15) is 5.75 Å². The third kappa shape index (κ3) is 8.41. The Hall–Kier alpha value is -2.87. The predicted molar refractivity (Wildman–Crippen MR) is 117 cm³/mol. The number of fused-ring (bicyclic) bond motifs is 1. The molecule has 0 aromatic heterocycles. The van der Waals surface area contributed by atoms with Crippen LogP contribution >= 0.6 is 11.6 Å². The second kappa shape index (κ2) is 12.1. The van der Waals surface area contributed by atoms with Crippen LogP contribution in [-0.4, -0.2) is 45.5 Å². The molecule has 166 valence electrons. The second-order valence-corrected chi connectivity index (χ2v) is 7.67. The van der Waals surface area contributed by atoms with Crippen molar-refractivity contribution in [1.82, 2.24) is 5.32 Å². The number of hydrogen-bond donors (Lipinski definition) is 5. The van der Waals surface area contributed by atoms with Gasteiger partial charge in [0.25, 0.3) is 0 Å². The van der Waals surface area contributed by atoms with E-state index in [1.807, 2.05) is 30.3 Å². The number of aryl methyl sites for hydroxylation is 1. The van der Waals surface area contributed by atoms with Crippen LogP contribution in [0, 0.1) is 5.92 Å². The molecule has 3 rings (SSSR count). The molecule has 5 N–H and O–H groups in total. The molecule has 31 heavy (non-hydrogen) atoms. The number of halogens is 1. The molecule has 0 saturated carbocycles. The van der Waals surface area contributed by atoms with Crippen LogP contribution in [0.3, 0.4) is 0 Å². The fraction of sp³-hybridized carbons (Fsp3) is 0.304. The van der Waals surface area contributed by atoms with Crippen LogP contribution in [0.4, 0.5) is 0 Å². The third-order valence-corrected chi connectivity index (χ3v) is 5.27. The maximum atomic E-state index is 10.2. The summed E-state index contributed by atoms with van der Waals surface area (Å²) >= 11 is 6.11.